The predicted octanol–water partition coefficient (Wildman–Crippen LogP) is 1.37. The number of ether oxygens (including phenoxy) is 1. The molecule has 0 saturated carbocycles. The number of esters is 1. The highest BCUT2D eigenvalue weighted by Crippen LogP contribution is 2.20. The third-order valence-corrected chi connectivity index (χ3v) is 5.33. The van der Waals surface area contributed by atoms with Gasteiger partial charge in [-0.2, -0.15) is 0 Å². The maximum Gasteiger partial charge on any atom is 0.350 e. The number of imidazole rings is 1. The third kappa shape index (κ3) is 2.88. The molecule has 0 atom stereocenters. The zero-order chi connectivity index (χ0) is 18.9. The van der Waals surface area contributed by atoms with Crippen molar-refractivity contribution < 1.29 is 23.1 Å². The molecule has 0 amide bonds. The van der Waals surface area contributed by atoms with E-state index in [0.29, 0.717) is 5.69 Å². The lowest BCUT2D eigenvalue weighted by molar-refractivity contribution is 0.0600. The minimum absolute atomic E-state index is 0.00334. The number of hydrogen-bond acceptors (Lipinski definition) is 6. The van der Waals surface area contributed by atoms with E-state index in [2.05, 4.69) is 4.74 Å². The van der Waals surface area contributed by atoms with E-state index in [1.165, 1.54) is 25.3 Å². The average molecular weight is 374 g/mol. The number of methoxy groups -OCH3 is 1. The summed E-state index contributed by atoms with van der Waals surface area (Å²) in [5.74, 6) is -1.47. The van der Waals surface area contributed by atoms with Crippen molar-refractivity contribution in [2.45, 2.75) is 4.90 Å². The lowest BCUT2D eigenvalue weighted by Gasteiger charge is -2.07. The first-order valence-electron chi connectivity index (χ1n) is 7.39. The van der Waals surface area contributed by atoms with Gasteiger partial charge in [-0.05, 0) is 30.3 Å². The van der Waals surface area contributed by atoms with Gasteiger partial charge < -0.3 is 9.84 Å². The molecule has 0 saturated heterocycles. The molecule has 0 aliphatic carbocycles. The Bertz CT molecular complexity index is 1130. The second kappa shape index (κ2) is 6.52. The average Bonchev–Trinajstić information content (AvgIpc) is 2.96. The number of benzene rings is 2. The van der Waals surface area contributed by atoms with Crippen LogP contribution in [0.15, 0.2) is 70.5 Å². The van der Waals surface area contributed by atoms with Crippen LogP contribution in [0.2, 0.25) is 0 Å². The molecule has 8 nitrogen and oxygen atoms in total. The van der Waals surface area contributed by atoms with Crippen LogP contribution < -0.4 is 5.69 Å². The Labute approximate surface area is 148 Å². The number of carbonyl (C=O) groups is 1. The fourth-order valence-corrected chi connectivity index (χ4v) is 3.75. The number of aromatic hydroxyl groups is 1. The molecule has 1 N–H and O–H groups in total. The van der Waals surface area contributed by atoms with Crippen LogP contribution in [0.5, 0.6) is 5.88 Å². The standard InChI is InChI=1S/C17H14N2O6S/c1-25-16(21)12-6-5-9-14(10-12)26(23,24)19-15(20)11-18(17(19)22)13-7-3-2-4-8-13/h2-11,20H,1H3. The highest BCUT2D eigenvalue weighted by Gasteiger charge is 2.26. The van der Waals surface area contributed by atoms with E-state index in [1.54, 1.807) is 30.3 Å². The first kappa shape index (κ1) is 17.5. The van der Waals surface area contributed by atoms with Crippen LogP contribution in [0.1, 0.15) is 10.4 Å². The third-order valence-electron chi connectivity index (χ3n) is 3.66. The van der Waals surface area contributed by atoms with E-state index >= 15 is 0 Å². The summed E-state index contributed by atoms with van der Waals surface area (Å²) in [6.07, 6.45) is 1.01. The molecule has 1 aromatic heterocycles. The van der Waals surface area contributed by atoms with Gasteiger partial charge in [0.15, 0.2) is 0 Å². The van der Waals surface area contributed by atoms with E-state index in [9.17, 15) is 23.1 Å². The normalized spacial score (nSPS) is 11.3. The molecule has 134 valence electrons. The lowest BCUT2D eigenvalue weighted by Crippen LogP contribution is -2.29. The van der Waals surface area contributed by atoms with Crippen molar-refractivity contribution in [3.05, 3.63) is 76.8 Å². The molecule has 1 heterocycles. The smallest absolute Gasteiger partial charge is 0.350 e. The van der Waals surface area contributed by atoms with Gasteiger partial charge in [-0.25, -0.2) is 18.0 Å². The van der Waals surface area contributed by atoms with Gasteiger partial charge in [-0.1, -0.05) is 24.3 Å². The lowest BCUT2D eigenvalue weighted by atomic mass is 10.2. The van der Waals surface area contributed by atoms with E-state index in [0.717, 1.165) is 16.8 Å². The van der Waals surface area contributed by atoms with Crippen molar-refractivity contribution in [2.24, 2.45) is 0 Å². The molecule has 0 bridgehead atoms. The summed E-state index contributed by atoms with van der Waals surface area (Å²) in [6.45, 7) is 0. The minimum Gasteiger partial charge on any atom is -0.493 e. The second-order valence-electron chi connectivity index (χ2n) is 5.26. The molecule has 3 aromatic rings. The van der Waals surface area contributed by atoms with Crippen molar-refractivity contribution in [1.82, 2.24) is 8.54 Å². The zero-order valence-electron chi connectivity index (χ0n) is 13.6. The summed E-state index contributed by atoms with van der Waals surface area (Å²) in [4.78, 5) is 23.9. The zero-order valence-corrected chi connectivity index (χ0v) is 14.4. The number of carbonyl (C=O) groups excluding carboxylic acids is 1. The van der Waals surface area contributed by atoms with Crippen LogP contribution in [0.4, 0.5) is 0 Å². The van der Waals surface area contributed by atoms with Gasteiger partial charge in [0.1, 0.15) is 0 Å². The molecule has 0 unspecified atom stereocenters. The predicted molar refractivity (Wildman–Crippen MR) is 92.1 cm³/mol. The fourth-order valence-electron chi connectivity index (χ4n) is 2.43. The van der Waals surface area contributed by atoms with Gasteiger partial charge in [-0.15, -0.1) is 3.97 Å². The number of para-hydroxylation sites is 1. The van der Waals surface area contributed by atoms with Crippen molar-refractivity contribution >= 4 is 16.0 Å². The summed E-state index contributed by atoms with van der Waals surface area (Å²) in [5, 5.41) is 10.1. The van der Waals surface area contributed by atoms with Gasteiger partial charge in [0.25, 0.3) is 10.0 Å². The van der Waals surface area contributed by atoms with Gasteiger partial charge in [0, 0.05) is 0 Å². The van der Waals surface area contributed by atoms with E-state index < -0.39 is 27.6 Å². The molecule has 9 heteroatoms. The molecule has 26 heavy (non-hydrogen) atoms. The molecular formula is C17H14N2O6S. The Hall–Kier alpha value is -3.33. The summed E-state index contributed by atoms with van der Waals surface area (Å²) < 4.78 is 31.5. The quantitative estimate of drug-likeness (QED) is 0.691. The molecule has 3 rings (SSSR count). The molecule has 0 fully saturated rings. The molecule has 0 spiro atoms. The first-order chi connectivity index (χ1) is 12.4. The van der Waals surface area contributed by atoms with Crippen molar-refractivity contribution in [3.8, 4) is 11.6 Å². The Morgan fingerprint density at radius 2 is 1.77 bits per heavy atom. The highest BCUT2D eigenvalue weighted by atomic mass is 32.2. The van der Waals surface area contributed by atoms with Crippen molar-refractivity contribution in [1.29, 1.82) is 0 Å². The summed E-state index contributed by atoms with van der Waals surface area (Å²) in [7, 11) is -3.26. The SMILES string of the molecule is COC(=O)c1cccc(S(=O)(=O)n2c(O)cn(-c3ccccc3)c2=O)c1. The Kier molecular flexibility index (Phi) is 4.39. The van der Waals surface area contributed by atoms with Crippen LogP contribution in [0.25, 0.3) is 5.69 Å². The van der Waals surface area contributed by atoms with Crippen LogP contribution in [-0.2, 0) is 14.8 Å². The monoisotopic (exact) mass is 374 g/mol. The Balaban J connectivity index is 2.16. The number of hydrogen-bond donors (Lipinski definition) is 1. The van der Waals surface area contributed by atoms with Gasteiger partial charge in [-0.3, -0.25) is 4.57 Å². The van der Waals surface area contributed by atoms with E-state index in [1.807, 2.05) is 0 Å². The molecule has 2 aromatic carbocycles. The van der Waals surface area contributed by atoms with Crippen molar-refractivity contribution in [2.75, 3.05) is 7.11 Å². The van der Waals surface area contributed by atoms with E-state index in [-0.39, 0.29) is 14.4 Å². The molecule has 0 radical (unpaired) electrons. The minimum atomic E-state index is -4.43. The maximum atomic E-state index is 12.8. The molecule has 0 aliphatic heterocycles. The van der Waals surface area contributed by atoms with Gasteiger partial charge in [0.05, 0.1) is 29.5 Å². The highest BCUT2D eigenvalue weighted by molar-refractivity contribution is 7.90. The van der Waals surface area contributed by atoms with Crippen LogP contribution in [-0.4, -0.2) is 35.1 Å². The number of nitrogens with zero attached hydrogens (tertiary/aromatic N) is 2. The summed E-state index contributed by atoms with van der Waals surface area (Å²) in [5.41, 5.74) is -0.564. The second-order valence-corrected chi connectivity index (χ2v) is 7.05. The number of rotatable bonds is 4. The Morgan fingerprint density at radius 1 is 1.08 bits per heavy atom. The summed E-state index contributed by atoms with van der Waals surface area (Å²) >= 11 is 0. The number of aromatic nitrogens is 2. The van der Waals surface area contributed by atoms with Crippen LogP contribution in [0.3, 0.4) is 0 Å². The van der Waals surface area contributed by atoms with Crippen LogP contribution in [0, 0.1) is 0 Å². The van der Waals surface area contributed by atoms with Gasteiger partial charge >= 0.3 is 11.7 Å². The van der Waals surface area contributed by atoms with Crippen molar-refractivity contribution in [3.63, 3.8) is 0 Å². The largest absolute Gasteiger partial charge is 0.493 e. The van der Waals surface area contributed by atoms with E-state index in [4.69, 9.17) is 0 Å². The Morgan fingerprint density at radius 3 is 2.42 bits per heavy atom. The first-order valence-corrected chi connectivity index (χ1v) is 8.83. The topological polar surface area (TPSA) is 108 Å². The maximum absolute atomic E-state index is 12.8. The van der Waals surface area contributed by atoms with Crippen LogP contribution >= 0.6 is 0 Å². The molecular weight excluding hydrogens is 360 g/mol. The fraction of sp³-hybridized carbons (Fsp3) is 0.0588. The molecule has 0 aliphatic rings. The summed E-state index contributed by atoms with van der Waals surface area (Å²) in [6, 6.07) is 13.3. The van der Waals surface area contributed by atoms with Gasteiger partial charge in [0.2, 0.25) is 5.88 Å².